The molecule has 6 heteroatoms. The molecule has 2 N–H and O–H groups in total. The van der Waals surface area contributed by atoms with Gasteiger partial charge in [-0.3, -0.25) is 4.57 Å². The van der Waals surface area contributed by atoms with Crippen molar-refractivity contribution in [2.75, 3.05) is 13.3 Å². The summed E-state index contributed by atoms with van der Waals surface area (Å²) in [6.45, 7) is 1.84. The lowest BCUT2D eigenvalue weighted by Crippen LogP contribution is -2.21. The minimum atomic E-state index is -3.81. The van der Waals surface area contributed by atoms with E-state index in [0.29, 0.717) is 7.41 Å². The van der Waals surface area contributed by atoms with Gasteiger partial charge in [0, 0.05) is 0 Å². The first kappa shape index (κ1) is 9.17. The summed E-state index contributed by atoms with van der Waals surface area (Å²) in [5, 5.41) is 0. The quantitative estimate of drug-likeness (QED) is 0.419. The first-order valence-electron chi connectivity index (χ1n) is 2.69. The van der Waals surface area contributed by atoms with Crippen LogP contribution in [0.3, 0.4) is 0 Å². The van der Waals surface area contributed by atoms with Gasteiger partial charge in [0.2, 0.25) is 7.41 Å². The van der Waals surface area contributed by atoms with Crippen LogP contribution in [-0.2, 0) is 4.57 Å². The van der Waals surface area contributed by atoms with E-state index in [1.165, 1.54) is 0 Å². The minimum Gasteiger partial charge on any atom is -0.338 e. The largest absolute Gasteiger partial charge is 0.338 e. The molecule has 0 aliphatic heterocycles. The van der Waals surface area contributed by atoms with Crippen molar-refractivity contribution in [3.05, 3.63) is 0 Å². The maximum atomic E-state index is 10.3. The van der Waals surface area contributed by atoms with E-state index in [1.807, 2.05) is 6.82 Å². The Hall–Kier alpha value is 0.175. The number of rotatable bonds is 3. The van der Waals surface area contributed by atoms with Crippen LogP contribution in [0.5, 0.6) is 0 Å². The molecule has 0 aliphatic rings. The normalized spacial score (nSPS) is 12.1. The van der Waals surface area contributed by atoms with E-state index in [0.717, 1.165) is 0 Å². The zero-order valence-corrected chi connectivity index (χ0v) is 6.51. The molecular weight excluding hydrogens is 140 g/mol. The maximum absolute atomic E-state index is 10.3. The van der Waals surface area contributed by atoms with Crippen molar-refractivity contribution >= 4 is 15.0 Å². The molecule has 0 fully saturated rings. The van der Waals surface area contributed by atoms with E-state index in [-0.39, 0.29) is 6.29 Å². The van der Waals surface area contributed by atoms with Crippen LogP contribution in [0.1, 0.15) is 0 Å². The summed E-state index contributed by atoms with van der Waals surface area (Å²) in [7, 11) is -1.49. The molecule has 0 heterocycles. The van der Waals surface area contributed by atoms with Crippen LogP contribution in [-0.4, -0.2) is 35.3 Å². The predicted molar refractivity (Wildman–Crippen MR) is 37.7 cm³/mol. The monoisotopic (exact) mass is 151 g/mol. The third-order valence-electron chi connectivity index (χ3n) is 0.965. The van der Waals surface area contributed by atoms with Crippen LogP contribution in [0, 0.1) is 0 Å². The van der Waals surface area contributed by atoms with Gasteiger partial charge in [-0.05, 0) is 7.05 Å². The highest BCUT2D eigenvalue weighted by Gasteiger charge is 2.14. The van der Waals surface area contributed by atoms with Crippen molar-refractivity contribution in [3.8, 4) is 0 Å². The fraction of sp³-hybridized carbons (Fsp3) is 1.00. The lowest BCUT2D eigenvalue weighted by molar-refractivity contribution is 0.356. The van der Waals surface area contributed by atoms with Crippen LogP contribution in [0.2, 0.25) is 6.82 Å². The summed E-state index contributed by atoms with van der Waals surface area (Å²) in [5.74, 6) is 0. The van der Waals surface area contributed by atoms with Gasteiger partial charge in [-0.1, -0.05) is 6.82 Å². The predicted octanol–water partition coefficient (Wildman–Crippen LogP) is -0.547. The second-order valence-electron chi connectivity index (χ2n) is 1.98. The molecule has 0 aliphatic carbocycles. The molecule has 0 unspecified atom stereocenters. The fourth-order valence-corrected chi connectivity index (χ4v) is 1.24. The highest BCUT2D eigenvalue weighted by atomic mass is 31.2. The summed E-state index contributed by atoms with van der Waals surface area (Å²) in [6, 6.07) is 0. The Balaban J connectivity index is 3.60. The average Bonchev–Trinajstić information content (AvgIpc) is 1.62. The molecule has 0 aromatic carbocycles. The van der Waals surface area contributed by atoms with E-state index >= 15 is 0 Å². The molecule has 0 amide bonds. The Bertz CT molecular complexity index is 124. The van der Waals surface area contributed by atoms with Crippen LogP contribution < -0.4 is 0 Å². The Labute approximate surface area is 55.3 Å². The molecule has 0 spiro atoms. The molecule has 0 saturated carbocycles. The topological polar surface area (TPSA) is 60.8 Å². The maximum Gasteiger partial charge on any atom is 0.338 e. The summed E-state index contributed by atoms with van der Waals surface area (Å²) in [4.78, 5) is 18.3. The van der Waals surface area contributed by atoms with E-state index in [2.05, 4.69) is 0 Å². The lowest BCUT2D eigenvalue weighted by Gasteiger charge is -2.13. The standard InChI is InChI=1S/C3H11BNO3P/c1-4-5(2)3-9(6,7)8/h4H,3H2,1-2H3,(H2,6,7,8). The highest BCUT2D eigenvalue weighted by molar-refractivity contribution is 7.51. The Morgan fingerprint density at radius 3 is 2.22 bits per heavy atom. The zero-order valence-electron chi connectivity index (χ0n) is 5.61. The molecule has 0 aromatic heterocycles. The van der Waals surface area contributed by atoms with Gasteiger partial charge in [-0.15, -0.1) is 0 Å². The summed E-state index contributed by atoms with van der Waals surface area (Å²) < 4.78 is 10.3. The smallest absolute Gasteiger partial charge is 0.338 e. The molecule has 54 valence electrons. The van der Waals surface area contributed by atoms with Crippen LogP contribution >= 0.6 is 7.60 Å². The first-order valence-corrected chi connectivity index (χ1v) is 4.48. The Kier molecular flexibility index (Phi) is 3.44. The van der Waals surface area contributed by atoms with Crippen molar-refractivity contribution in [1.82, 2.24) is 4.81 Å². The SMILES string of the molecule is CBN(C)CP(=O)(O)O. The molecule has 0 bridgehead atoms. The van der Waals surface area contributed by atoms with Gasteiger partial charge in [0.1, 0.15) is 0 Å². The van der Waals surface area contributed by atoms with Crippen LogP contribution in [0.15, 0.2) is 0 Å². The van der Waals surface area contributed by atoms with Gasteiger partial charge in [0.25, 0.3) is 0 Å². The van der Waals surface area contributed by atoms with Crippen LogP contribution in [0.25, 0.3) is 0 Å². The molecule has 0 aromatic rings. The average molecular weight is 151 g/mol. The zero-order chi connectivity index (χ0) is 7.49. The summed E-state index contributed by atoms with van der Waals surface area (Å²) >= 11 is 0. The summed E-state index contributed by atoms with van der Waals surface area (Å²) in [5.41, 5.74) is 0. The minimum absolute atomic E-state index is 0.149. The van der Waals surface area contributed by atoms with E-state index in [1.54, 1.807) is 11.9 Å². The van der Waals surface area contributed by atoms with Gasteiger partial charge in [-0.25, -0.2) is 0 Å². The van der Waals surface area contributed by atoms with Gasteiger partial charge < -0.3 is 14.6 Å². The second kappa shape index (κ2) is 3.37. The molecule has 0 atom stereocenters. The van der Waals surface area contributed by atoms with E-state index in [9.17, 15) is 4.57 Å². The van der Waals surface area contributed by atoms with Gasteiger partial charge in [-0.2, -0.15) is 0 Å². The summed E-state index contributed by atoms with van der Waals surface area (Å²) in [6.07, 6.45) is -0.149. The Morgan fingerprint density at radius 1 is 1.67 bits per heavy atom. The van der Waals surface area contributed by atoms with E-state index < -0.39 is 7.60 Å². The number of nitrogens with zero attached hydrogens (tertiary/aromatic N) is 1. The van der Waals surface area contributed by atoms with Crippen molar-refractivity contribution in [1.29, 1.82) is 0 Å². The molecule has 0 saturated heterocycles. The van der Waals surface area contributed by atoms with Gasteiger partial charge >= 0.3 is 7.60 Å². The number of hydrogen-bond donors (Lipinski definition) is 2. The van der Waals surface area contributed by atoms with Crippen molar-refractivity contribution in [2.24, 2.45) is 0 Å². The highest BCUT2D eigenvalue weighted by Crippen LogP contribution is 2.33. The molecule has 4 nitrogen and oxygen atoms in total. The van der Waals surface area contributed by atoms with E-state index in [4.69, 9.17) is 9.79 Å². The molecule has 0 rings (SSSR count). The van der Waals surface area contributed by atoms with Crippen LogP contribution in [0.4, 0.5) is 0 Å². The van der Waals surface area contributed by atoms with Gasteiger partial charge in [0.05, 0.1) is 6.29 Å². The third kappa shape index (κ3) is 6.05. The second-order valence-corrected chi connectivity index (χ2v) is 3.59. The van der Waals surface area contributed by atoms with Gasteiger partial charge in [0.15, 0.2) is 0 Å². The molecule has 0 radical (unpaired) electrons. The Morgan fingerprint density at radius 2 is 2.11 bits per heavy atom. The first-order chi connectivity index (χ1) is 3.95. The van der Waals surface area contributed by atoms with Crippen molar-refractivity contribution < 1.29 is 14.4 Å². The molecule has 9 heavy (non-hydrogen) atoms. The number of hydrogen-bond acceptors (Lipinski definition) is 2. The van der Waals surface area contributed by atoms with Crippen molar-refractivity contribution in [3.63, 3.8) is 0 Å². The fourth-order valence-electron chi connectivity index (χ4n) is 0.414. The third-order valence-corrected chi connectivity index (χ3v) is 1.82. The lowest BCUT2D eigenvalue weighted by atomic mass is 9.99. The molecular formula is C3H11BNO3P. The van der Waals surface area contributed by atoms with Crippen molar-refractivity contribution in [2.45, 2.75) is 6.82 Å².